The highest BCUT2D eigenvalue weighted by Crippen LogP contribution is 2.46. The number of benzene rings is 10. The predicted molar refractivity (Wildman–Crippen MR) is 312 cm³/mol. The van der Waals surface area contributed by atoms with Crippen molar-refractivity contribution in [2.45, 2.75) is 12.8 Å². The van der Waals surface area contributed by atoms with E-state index in [4.69, 9.17) is 9.97 Å². The Morgan fingerprint density at radius 1 is 0.419 bits per heavy atom. The van der Waals surface area contributed by atoms with Crippen LogP contribution in [0.15, 0.2) is 231 Å². The lowest BCUT2D eigenvalue weighted by atomic mass is 9.94. The van der Waals surface area contributed by atoms with E-state index in [-0.39, 0.29) is 0 Å². The minimum absolute atomic E-state index is 0.662. The van der Waals surface area contributed by atoms with Gasteiger partial charge in [-0.25, -0.2) is 9.97 Å². The number of para-hydroxylation sites is 4. The lowest BCUT2D eigenvalue weighted by Crippen LogP contribution is -2.05. The van der Waals surface area contributed by atoms with E-state index in [0.717, 1.165) is 72.7 Å². The van der Waals surface area contributed by atoms with Crippen LogP contribution in [0.25, 0.3) is 143 Å². The molecule has 0 amide bonds. The zero-order valence-electron chi connectivity index (χ0n) is 40.1. The van der Waals surface area contributed by atoms with E-state index in [1.165, 1.54) is 81.9 Å². The Morgan fingerprint density at radius 2 is 1.08 bits per heavy atom. The molecule has 0 radical (unpaired) electrons. The lowest BCUT2D eigenvalue weighted by molar-refractivity contribution is 0.977. The molecule has 5 heterocycles. The van der Waals surface area contributed by atoms with Crippen molar-refractivity contribution in [3.8, 4) is 50.1 Å². The standard InChI is InChI=1S/C68H43N5S/c1-4-19-44(20-5-1)62-41-57-67(74-62)64(46-34-37-59-55(40-46)52-27-14-15-30-58(52)71(59)47-21-6-2-7-22-47)70-68(69-57)73-60-36-33-45(39-56(60)53-35-31-43-18-11-13-26-50(43)65(53)73)51-28-16-29-54-63-49-25-12-10-17-42(49)32-38-61(63)72(66(51)54)48-23-8-3-9-24-48/h1-10,12-17,19-41H,11,18H2. The Kier molecular flexibility index (Phi) is 8.97. The van der Waals surface area contributed by atoms with Crippen molar-refractivity contribution >= 4 is 104 Å². The molecule has 0 atom stereocenters. The van der Waals surface area contributed by atoms with E-state index in [0.29, 0.717) is 5.95 Å². The third-order valence-electron chi connectivity index (χ3n) is 15.5. The maximum atomic E-state index is 5.77. The normalized spacial score (nSPS) is 12.7. The van der Waals surface area contributed by atoms with Crippen molar-refractivity contribution in [2.24, 2.45) is 0 Å². The van der Waals surface area contributed by atoms with Crippen LogP contribution in [0, 0.1) is 0 Å². The van der Waals surface area contributed by atoms with Gasteiger partial charge in [-0.2, -0.15) is 0 Å². The van der Waals surface area contributed by atoms with Crippen molar-refractivity contribution in [2.75, 3.05) is 0 Å². The number of aromatic nitrogens is 5. The molecule has 6 heteroatoms. The van der Waals surface area contributed by atoms with Gasteiger partial charge in [-0.05, 0) is 107 Å². The lowest BCUT2D eigenvalue weighted by Gasteiger charge is -2.15. The quantitative estimate of drug-likeness (QED) is 0.167. The number of hydrogen-bond donors (Lipinski definition) is 0. The molecule has 1 aliphatic rings. The summed E-state index contributed by atoms with van der Waals surface area (Å²) in [4.78, 5) is 12.5. The number of rotatable bonds is 6. The van der Waals surface area contributed by atoms with Gasteiger partial charge in [0.1, 0.15) is 0 Å². The Hall–Kier alpha value is -9.36. The minimum atomic E-state index is 0.662. The van der Waals surface area contributed by atoms with Gasteiger partial charge in [0.2, 0.25) is 5.95 Å². The summed E-state index contributed by atoms with van der Waals surface area (Å²) in [5.74, 6) is 0.662. The number of allylic oxidation sites excluding steroid dienone is 1. The molecule has 0 bridgehead atoms. The van der Waals surface area contributed by atoms with Crippen LogP contribution in [0.5, 0.6) is 0 Å². The molecule has 0 aliphatic heterocycles. The summed E-state index contributed by atoms with van der Waals surface area (Å²) < 4.78 is 8.27. The van der Waals surface area contributed by atoms with Gasteiger partial charge in [-0.15, -0.1) is 11.3 Å². The van der Waals surface area contributed by atoms with E-state index < -0.39 is 0 Å². The molecule has 10 aromatic carbocycles. The molecule has 346 valence electrons. The van der Waals surface area contributed by atoms with E-state index in [9.17, 15) is 0 Å². The second kappa shape index (κ2) is 16.1. The highest BCUT2D eigenvalue weighted by Gasteiger charge is 2.25. The molecule has 5 aromatic heterocycles. The smallest absolute Gasteiger partial charge is 0.235 e. The van der Waals surface area contributed by atoms with Gasteiger partial charge in [0, 0.05) is 65.3 Å². The SMILES string of the molecule is C1=Cc2c(ccc3c4cc(-c5cccc6c7c8ccccc8ccc7n(-c7ccccc7)c56)ccc4n(-c4nc(-c5ccc6c(c5)c5ccccc5n6-c5ccccc5)c5sc(-c6ccccc6)cc5n4)c23)CC1. The molecule has 15 aromatic rings. The summed E-state index contributed by atoms with van der Waals surface area (Å²) >= 11 is 1.77. The largest absolute Gasteiger partial charge is 0.309 e. The second-order valence-corrected chi connectivity index (χ2v) is 20.6. The van der Waals surface area contributed by atoms with Crippen LogP contribution < -0.4 is 0 Å². The van der Waals surface area contributed by atoms with Gasteiger partial charge < -0.3 is 9.13 Å². The predicted octanol–water partition coefficient (Wildman–Crippen LogP) is 18.1. The van der Waals surface area contributed by atoms with Crippen molar-refractivity contribution < 1.29 is 0 Å². The third kappa shape index (κ3) is 6.09. The summed E-state index contributed by atoms with van der Waals surface area (Å²) in [5, 5.41) is 9.76. The van der Waals surface area contributed by atoms with Gasteiger partial charge in [-0.3, -0.25) is 4.57 Å². The molecule has 0 spiro atoms. The molecule has 0 saturated carbocycles. The molecular weight excluding hydrogens is 919 g/mol. The molecule has 0 N–H and O–H groups in total. The Labute approximate surface area is 429 Å². The summed E-state index contributed by atoms with van der Waals surface area (Å²) in [7, 11) is 0. The average Bonchev–Trinajstić information content (AvgIpc) is 4.24. The molecule has 5 nitrogen and oxygen atoms in total. The fourth-order valence-corrected chi connectivity index (χ4v) is 13.4. The first-order valence-corrected chi connectivity index (χ1v) is 26.3. The van der Waals surface area contributed by atoms with Crippen molar-refractivity contribution in [1.82, 2.24) is 23.7 Å². The number of fused-ring (bicyclic) bond motifs is 14. The molecule has 0 saturated heterocycles. The van der Waals surface area contributed by atoms with Crippen LogP contribution in [0.1, 0.15) is 17.5 Å². The zero-order valence-corrected chi connectivity index (χ0v) is 40.9. The summed E-state index contributed by atoms with van der Waals surface area (Å²) in [6, 6.07) is 82.0. The van der Waals surface area contributed by atoms with Crippen molar-refractivity contribution in [3.63, 3.8) is 0 Å². The molecule has 0 fully saturated rings. The molecule has 0 unspecified atom stereocenters. The van der Waals surface area contributed by atoms with Crippen LogP contribution in [-0.2, 0) is 6.42 Å². The number of aryl methyl sites for hydroxylation is 1. The van der Waals surface area contributed by atoms with Crippen LogP contribution in [0.2, 0.25) is 0 Å². The van der Waals surface area contributed by atoms with E-state index in [1.54, 1.807) is 11.3 Å². The third-order valence-corrected chi connectivity index (χ3v) is 16.7. The molecule has 74 heavy (non-hydrogen) atoms. The van der Waals surface area contributed by atoms with Crippen LogP contribution in [0.4, 0.5) is 0 Å². The van der Waals surface area contributed by atoms with Gasteiger partial charge >= 0.3 is 0 Å². The maximum absolute atomic E-state index is 5.77. The summed E-state index contributed by atoms with van der Waals surface area (Å²) in [5.41, 5.74) is 18.2. The molecule has 1 aliphatic carbocycles. The van der Waals surface area contributed by atoms with Crippen LogP contribution in [-0.4, -0.2) is 23.7 Å². The van der Waals surface area contributed by atoms with Crippen LogP contribution >= 0.6 is 11.3 Å². The number of hydrogen-bond acceptors (Lipinski definition) is 3. The Bertz CT molecular complexity index is 4820. The first kappa shape index (κ1) is 41.3. The molecular formula is C68H43N5S. The minimum Gasteiger partial charge on any atom is -0.309 e. The highest BCUT2D eigenvalue weighted by molar-refractivity contribution is 7.22. The first-order chi connectivity index (χ1) is 36.7. The van der Waals surface area contributed by atoms with E-state index in [1.807, 2.05) is 0 Å². The first-order valence-electron chi connectivity index (χ1n) is 25.5. The molecule has 16 rings (SSSR count). The maximum Gasteiger partial charge on any atom is 0.235 e. The van der Waals surface area contributed by atoms with E-state index >= 15 is 0 Å². The van der Waals surface area contributed by atoms with Crippen LogP contribution in [0.3, 0.4) is 0 Å². The van der Waals surface area contributed by atoms with E-state index in [2.05, 4.69) is 250 Å². The topological polar surface area (TPSA) is 40.6 Å². The van der Waals surface area contributed by atoms with Gasteiger partial charge in [0.05, 0.1) is 49.0 Å². The van der Waals surface area contributed by atoms with Gasteiger partial charge in [0.15, 0.2) is 0 Å². The average molecular weight is 962 g/mol. The van der Waals surface area contributed by atoms with Crippen molar-refractivity contribution in [3.05, 3.63) is 242 Å². The fraction of sp³-hybridized carbons (Fsp3) is 0.0294. The van der Waals surface area contributed by atoms with Gasteiger partial charge in [-0.1, -0.05) is 170 Å². The zero-order chi connectivity index (χ0) is 48.4. The monoisotopic (exact) mass is 961 g/mol. The van der Waals surface area contributed by atoms with Gasteiger partial charge in [0.25, 0.3) is 0 Å². The summed E-state index contributed by atoms with van der Waals surface area (Å²) in [6.07, 6.45) is 6.66. The number of thiophene rings is 1. The summed E-state index contributed by atoms with van der Waals surface area (Å²) in [6.45, 7) is 0. The number of nitrogens with zero attached hydrogens (tertiary/aromatic N) is 5. The Balaban J connectivity index is 0.963. The Morgan fingerprint density at radius 3 is 1.92 bits per heavy atom. The van der Waals surface area contributed by atoms with Crippen molar-refractivity contribution in [1.29, 1.82) is 0 Å². The second-order valence-electron chi connectivity index (χ2n) is 19.6. The highest BCUT2D eigenvalue weighted by atomic mass is 32.1. The fourth-order valence-electron chi connectivity index (χ4n) is 12.2.